The minimum atomic E-state index is -3.25. The maximum Gasteiger partial charge on any atom is 0.279 e. The van der Waals surface area contributed by atoms with E-state index in [1.54, 1.807) is 7.05 Å². The molecule has 1 aliphatic rings. The predicted octanol–water partition coefficient (Wildman–Crippen LogP) is -0.475. The third-order valence-electron chi connectivity index (χ3n) is 2.33. The van der Waals surface area contributed by atoms with E-state index in [-0.39, 0.29) is 6.04 Å². The molecule has 5 nitrogen and oxygen atoms in total. The standard InChI is InChI=1S/C8H19N3O2S/c1-3-4-5-11(2)14(12,13)10-8-6-9-7-8/h8-10H,3-7H2,1-2H3. The van der Waals surface area contributed by atoms with Gasteiger partial charge in [-0.25, -0.2) is 0 Å². The van der Waals surface area contributed by atoms with Crippen LogP contribution in [0.5, 0.6) is 0 Å². The number of hydrogen-bond donors (Lipinski definition) is 2. The van der Waals surface area contributed by atoms with Gasteiger partial charge < -0.3 is 5.32 Å². The van der Waals surface area contributed by atoms with E-state index in [9.17, 15) is 8.42 Å². The molecule has 1 heterocycles. The van der Waals surface area contributed by atoms with Crippen LogP contribution in [0.25, 0.3) is 0 Å². The molecular weight excluding hydrogens is 202 g/mol. The van der Waals surface area contributed by atoms with Crippen molar-refractivity contribution in [1.29, 1.82) is 0 Å². The summed E-state index contributed by atoms with van der Waals surface area (Å²) in [6, 6.07) is 0.0732. The van der Waals surface area contributed by atoms with Crippen molar-refractivity contribution in [2.75, 3.05) is 26.7 Å². The van der Waals surface area contributed by atoms with E-state index in [1.807, 2.05) is 6.92 Å². The summed E-state index contributed by atoms with van der Waals surface area (Å²) in [6.45, 7) is 4.11. The second-order valence-electron chi connectivity index (χ2n) is 3.65. The Morgan fingerprint density at radius 2 is 2.14 bits per heavy atom. The first-order chi connectivity index (χ1) is 6.56. The lowest BCUT2D eigenvalue weighted by atomic mass is 10.2. The number of unbranched alkanes of at least 4 members (excludes halogenated alkanes) is 1. The summed E-state index contributed by atoms with van der Waals surface area (Å²) in [5, 5.41) is 3.02. The van der Waals surface area contributed by atoms with E-state index < -0.39 is 10.2 Å². The van der Waals surface area contributed by atoms with Crippen molar-refractivity contribution in [2.24, 2.45) is 0 Å². The van der Waals surface area contributed by atoms with E-state index in [0.29, 0.717) is 6.54 Å². The Hall–Kier alpha value is -0.170. The molecular formula is C8H19N3O2S. The van der Waals surface area contributed by atoms with Gasteiger partial charge >= 0.3 is 0 Å². The summed E-state index contributed by atoms with van der Waals surface area (Å²) >= 11 is 0. The summed E-state index contributed by atoms with van der Waals surface area (Å²) in [7, 11) is -1.63. The molecule has 0 aromatic heterocycles. The zero-order chi connectivity index (χ0) is 10.6. The van der Waals surface area contributed by atoms with E-state index in [0.717, 1.165) is 25.9 Å². The summed E-state index contributed by atoms with van der Waals surface area (Å²) in [5.41, 5.74) is 0. The van der Waals surface area contributed by atoms with Gasteiger partial charge in [0.05, 0.1) is 0 Å². The minimum Gasteiger partial charge on any atom is -0.313 e. The highest BCUT2D eigenvalue weighted by Gasteiger charge is 2.25. The maximum absolute atomic E-state index is 11.6. The lowest BCUT2D eigenvalue weighted by molar-refractivity contribution is 0.385. The van der Waals surface area contributed by atoms with Crippen molar-refractivity contribution in [1.82, 2.24) is 14.3 Å². The highest BCUT2D eigenvalue weighted by molar-refractivity contribution is 7.87. The highest BCUT2D eigenvalue weighted by Crippen LogP contribution is 2.01. The van der Waals surface area contributed by atoms with Crippen molar-refractivity contribution in [2.45, 2.75) is 25.8 Å². The number of nitrogens with one attached hydrogen (secondary N) is 2. The Kier molecular flexibility index (Phi) is 4.31. The molecule has 0 saturated carbocycles. The van der Waals surface area contributed by atoms with Gasteiger partial charge in [0, 0.05) is 32.7 Å². The molecule has 84 valence electrons. The first-order valence-corrected chi connectivity index (χ1v) is 6.44. The molecule has 0 radical (unpaired) electrons. The number of hydrogen-bond acceptors (Lipinski definition) is 3. The number of rotatable bonds is 6. The van der Waals surface area contributed by atoms with Gasteiger partial charge in [-0.05, 0) is 6.42 Å². The lowest BCUT2D eigenvalue weighted by Gasteiger charge is -2.29. The third kappa shape index (κ3) is 3.20. The van der Waals surface area contributed by atoms with Crippen molar-refractivity contribution < 1.29 is 8.42 Å². The minimum absolute atomic E-state index is 0.0732. The van der Waals surface area contributed by atoms with Crippen LogP contribution in [-0.2, 0) is 10.2 Å². The molecule has 1 saturated heterocycles. The quantitative estimate of drug-likeness (QED) is 0.637. The molecule has 0 amide bonds. The summed E-state index contributed by atoms with van der Waals surface area (Å²) in [5.74, 6) is 0. The second kappa shape index (κ2) is 5.06. The monoisotopic (exact) mass is 221 g/mol. The first kappa shape index (κ1) is 11.9. The molecule has 1 fully saturated rings. The molecule has 2 N–H and O–H groups in total. The van der Waals surface area contributed by atoms with Gasteiger partial charge in [-0.15, -0.1) is 0 Å². The predicted molar refractivity (Wildman–Crippen MR) is 56.3 cm³/mol. The molecule has 1 rings (SSSR count). The summed E-state index contributed by atoms with van der Waals surface area (Å²) < 4.78 is 27.3. The van der Waals surface area contributed by atoms with Gasteiger partial charge in [0.1, 0.15) is 0 Å². The van der Waals surface area contributed by atoms with Crippen LogP contribution >= 0.6 is 0 Å². The topological polar surface area (TPSA) is 61.4 Å². The van der Waals surface area contributed by atoms with Crippen molar-refractivity contribution in [3.63, 3.8) is 0 Å². The Balaban J connectivity index is 2.37. The molecule has 14 heavy (non-hydrogen) atoms. The largest absolute Gasteiger partial charge is 0.313 e. The molecule has 0 aromatic carbocycles. The molecule has 6 heteroatoms. The fourth-order valence-corrected chi connectivity index (χ4v) is 2.31. The Labute approximate surface area is 86.0 Å². The molecule has 0 aromatic rings. The van der Waals surface area contributed by atoms with Crippen LogP contribution < -0.4 is 10.0 Å². The van der Waals surface area contributed by atoms with E-state index in [1.165, 1.54) is 4.31 Å². The van der Waals surface area contributed by atoms with Crippen molar-refractivity contribution >= 4 is 10.2 Å². The van der Waals surface area contributed by atoms with Crippen LogP contribution in [0.1, 0.15) is 19.8 Å². The van der Waals surface area contributed by atoms with Crippen LogP contribution in [0.2, 0.25) is 0 Å². The fourth-order valence-electron chi connectivity index (χ4n) is 1.17. The zero-order valence-corrected chi connectivity index (χ0v) is 9.60. The highest BCUT2D eigenvalue weighted by atomic mass is 32.2. The first-order valence-electron chi connectivity index (χ1n) is 5.00. The normalized spacial score (nSPS) is 18.5. The van der Waals surface area contributed by atoms with Crippen LogP contribution in [0.4, 0.5) is 0 Å². The van der Waals surface area contributed by atoms with Crippen LogP contribution in [0.3, 0.4) is 0 Å². The summed E-state index contributed by atoms with van der Waals surface area (Å²) in [4.78, 5) is 0. The van der Waals surface area contributed by atoms with Crippen LogP contribution in [0, 0.1) is 0 Å². The maximum atomic E-state index is 11.6. The van der Waals surface area contributed by atoms with Gasteiger partial charge in [0.2, 0.25) is 0 Å². The average molecular weight is 221 g/mol. The Morgan fingerprint density at radius 3 is 2.57 bits per heavy atom. The van der Waals surface area contributed by atoms with Crippen LogP contribution in [0.15, 0.2) is 0 Å². The molecule has 0 bridgehead atoms. The Morgan fingerprint density at radius 1 is 1.50 bits per heavy atom. The van der Waals surface area contributed by atoms with Gasteiger partial charge in [0.25, 0.3) is 10.2 Å². The van der Waals surface area contributed by atoms with E-state index >= 15 is 0 Å². The molecule has 0 unspecified atom stereocenters. The van der Waals surface area contributed by atoms with Crippen LogP contribution in [-0.4, -0.2) is 45.4 Å². The summed E-state index contributed by atoms with van der Waals surface area (Å²) in [6.07, 6.45) is 1.91. The smallest absolute Gasteiger partial charge is 0.279 e. The van der Waals surface area contributed by atoms with Gasteiger partial charge in [-0.2, -0.15) is 17.4 Å². The molecule has 0 spiro atoms. The Bertz CT molecular complexity index is 262. The van der Waals surface area contributed by atoms with Crippen molar-refractivity contribution in [3.05, 3.63) is 0 Å². The molecule has 0 aliphatic carbocycles. The lowest BCUT2D eigenvalue weighted by Crippen LogP contribution is -2.59. The molecule has 0 atom stereocenters. The third-order valence-corrected chi connectivity index (χ3v) is 3.97. The van der Waals surface area contributed by atoms with E-state index in [4.69, 9.17) is 0 Å². The second-order valence-corrected chi connectivity index (χ2v) is 5.46. The number of nitrogens with zero attached hydrogens (tertiary/aromatic N) is 1. The van der Waals surface area contributed by atoms with Gasteiger partial charge in [-0.3, -0.25) is 0 Å². The zero-order valence-electron chi connectivity index (χ0n) is 8.78. The van der Waals surface area contributed by atoms with Gasteiger partial charge in [-0.1, -0.05) is 13.3 Å². The van der Waals surface area contributed by atoms with Crippen molar-refractivity contribution in [3.8, 4) is 0 Å². The van der Waals surface area contributed by atoms with E-state index in [2.05, 4.69) is 10.0 Å². The SMILES string of the molecule is CCCCN(C)S(=O)(=O)NC1CNC1. The molecule has 1 aliphatic heterocycles. The fraction of sp³-hybridized carbons (Fsp3) is 1.00. The average Bonchev–Trinajstić information content (AvgIpc) is 2.07. The van der Waals surface area contributed by atoms with Gasteiger partial charge in [0.15, 0.2) is 0 Å².